The standard InChI is InChI=1S/C26H34ClN5O5S/c1-25(2,3)37-24(36)31-26(4)12-14-32(15-13-26)19-9-8-18(23(28)30-19)38-17-7-5-6-16(22(17)27)29-20(33)10-11-21(34)35/h5-9H,10-15H2,1-4H3,(H2,28,30)(H,29,33)(H,31,36)(H,34,35). The Labute approximate surface area is 231 Å². The number of nitrogens with two attached hydrogens (primary N) is 1. The monoisotopic (exact) mass is 563 g/mol. The highest BCUT2D eigenvalue weighted by Gasteiger charge is 2.33. The number of aromatic nitrogens is 1. The third kappa shape index (κ3) is 8.42. The molecule has 0 bridgehead atoms. The Morgan fingerprint density at radius 1 is 1.16 bits per heavy atom. The number of pyridine rings is 1. The zero-order valence-electron chi connectivity index (χ0n) is 22.0. The van der Waals surface area contributed by atoms with Crippen LogP contribution in [0.5, 0.6) is 0 Å². The van der Waals surface area contributed by atoms with E-state index in [0.29, 0.717) is 39.4 Å². The van der Waals surface area contributed by atoms with E-state index in [2.05, 4.69) is 20.5 Å². The second kappa shape index (κ2) is 12.1. The molecule has 0 radical (unpaired) electrons. The van der Waals surface area contributed by atoms with E-state index in [1.54, 1.807) is 18.2 Å². The summed E-state index contributed by atoms with van der Waals surface area (Å²) >= 11 is 7.83. The quantitative estimate of drug-likeness (QED) is 0.342. The van der Waals surface area contributed by atoms with Gasteiger partial charge in [0.15, 0.2) is 0 Å². The number of rotatable bonds is 8. The van der Waals surface area contributed by atoms with Crippen LogP contribution in [0.4, 0.5) is 22.1 Å². The fraction of sp³-hybridized carbons (Fsp3) is 0.462. The summed E-state index contributed by atoms with van der Waals surface area (Å²) in [5.74, 6) is -0.379. The Hall–Kier alpha value is -3.18. The number of nitrogens with zero attached hydrogens (tertiary/aromatic N) is 2. The summed E-state index contributed by atoms with van der Waals surface area (Å²) in [6.07, 6.45) is 0.632. The SMILES string of the molecule is CC1(NC(=O)OC(C)(C)C)CCN(c2ccc(Sc3cccc(NC(=O)CCC(=O)O)c3Cl)c(N)n2)CC1. The molecular formula is C26H34ClN5O5S. The van der Waals surface area contributed by atoms with Crippen LogP contribution in [0.15, 0.2) is 40.1 Å². The van der Waals surface area contributed by atoms with Crippen molar-refractivity contribution in [2.75, 3.05) is 29.0 Å². The number of alkyl carbamates (subject to hydrolysis) is 1. The number of ether oxygens (including phenoxy) is 1. The van der Waals surface area contributed by atoms with Crippen LogP contribution in [-0.2, 0) is 14.3 Å². The number of carbonyl (C=O) groups excluding carboxylic acids is 2. The van der Waals surface area contributed by atoms with E-state index < -0.39 is 23.6 Å². The number of hydrogen-bond donors (Lipinski definition) is 4. The lowest BCUT2D eigenvalue weighted by Gasteiger charge is -2.40. The Morgan fingerprint density at radius 2 is 1.84 bits per heavy atom. The predicted octanol–water partition coefficient (Wildman–Crippen LogP) is 5.16. The number of hydrogen-bond acceptors (Lipinski definition) is 8. The first-order valence-electron chi connectivity index (χ1n) is 12.3. The Kier molecular flexibility index (Phi) is 9.37. The Morgan fingerprint density at radius 3 is 2.45 bits per heavy atom. The third-order valence-electron chi connectivity index (χ3n) is 5.89. The number of carbonyl (C=O) groups is 3. The average Bonchev–Trinajstić information content (AvgIpc) is 2.80. The molecule has 0 unspecified atom stereocenters. The molecule has 1 aromatic heterocycles. The highest BCUT2D eigenvalue weighted by atomic mass is 35.5. The molecule has 0 aliphatic carbocycles. The van der Waals surface area contributed by atoms with Crippen LogP contribution in [0.25, 0.3) is 0 Å². The summed E-state index contributed by atoms with van der Waals surface area (Å²) in [7, 11) is 0. The molecule has 1 aliphatic rings. The molecule has 2 amide bonds. The smallest absolute Gasteiger partial charge is 0.408 e. The molecule has 0 atom stereocenters. The van der Waals surface area contributed by atoms with Crippen molar-refractivity contribution in [2.45, 2.75) is 74.3 Å². The van der Waals surface area contributed by atoms with Crippen LogP contribution in [-0.4, -0.2) is 52.3 Å². The van der Waals surface area contributed by atoms with Gasteiger partial charge in [-0.1, -0.05) is 29.4 Å². The lowest BCUT2D eigenvalue weighted by molar-refractivity contribution is -0.138. The second-order valence-corrected chi connectivity index (χ2v) is 11.9. The number of benzene rings is 1. The average molecular weight is 564 g/mol. The van der Waals surface area contributed by atoms with Crippen molar-refractivity contribution in [3.05, 3.63) is 35.4 Å². The van der Waals surface area contributed by atoms with Gasteiger partial charge in [0.05, 0.1) is 22.0 Å². The first kappa shape index (κ1) is 29.4. The lowest BCUT2D eigenvalue weighted by atomic mass is 9.90. The second-order valence-electron chi connectivity index (χ2n) is 10.4. The largest absolute Gasteiger partial charge is 0.481 e. The zero-order chi connectivity index (χ0) is 28.1. The zero-order valence-corrected chi connectivity index (χ0v) is 23.5. The minimum absolute atomic E-state index is 0.145. The van der Waals surface area contributed by atoms with Gasteiger partial charge in [-0.15, -0.1) is 0 Å². The van der Waals surface area contributed by atoms with Gasteiger partial charge >= 0.3 is 12.1 Å². The number of anilines is 3. The maximum atomic E-state index is 12.2. The molecule has 3 rings (SSSR count). The number of nitrogen functional groups attached to an aromatic ring is 1. The molecule has 5 N–H and O–H groups in total. The van der Waals surface area contributed by atoms with Gasteiger partial charge in [0, 0.05) is 29.9 Å². The molecule has 206 valence electrons. The first-order chi connectivity index (χ1) is 17.7. The normalized spacial score (nSPS) is 15.0. The van der Waals surface area contributed by atoms with Gasteiger partial charge in [-0.25, -0.2) is 9.78 Å². The molecular weight excluding hydrogens is 530 g/mol. The molecule has 0 spiro atoms. The topological polar surface area (TPSA) is 147 Å². The maximum absolute atomic E-state index is 12.2. The fourth-order valence-electron chi connectivity index (χ4n) is 3.86. The van der Waals surface area contributed by atoms with Crippen molar-refractivity contribution in [1.29, 1.82) is 0 Å². The first-order valence-corrected chi connectivity index (χ1v) is 13.4. The highest BCUT2D eigenvalue weighted by molar-refractivity contribution is 7.99. The molecule has 1 fully saturated rings. The Balaban J connectivity index is 1.62. The minimum Gasteiger partial charge on any atom is -0.481 e. The van der Waals surface area contributed by atoms with Crippen molar-refractivity contribution >= 4 is 58.7 Å². The number of nitrogens with one attached hydrogen (secondary N) is 2. The van der Waals surface area contributed by atoms with Crippen molar-refractivity contribution in [1.82, 2.24) is 10.3 Å². The fourth-order valence-corrected chi connectivity index (χ4v) is 5.01. The van der Waals surface area contributed by atoms with Gasteiger partial charge in [0.25, 0.3) is 0 Å². The van der Waals surface area contributed by atoms with Crippen LogP contribution >= 0.6 is 23.4 Å². The van der Waals surface area contributed by atoms with E-state index in [-0.39, 0.29) is 18.4 Å². The van der Waals surface area contributed by atoms with Gasteiger partial charge in [0.1, 0.15) is 17.2 Å². The van der Waals surface area contributed by atoms with E-state index >= 15 is 0 Å². The number of carboxylic acid groups (broad SMARTS) is 1. The summed E-state index contributed by atoms with van der Waals surface area (Å²) in [4.78, 5) is 43.1. The van der Waals surface area contributed by atoms with Gasteiger partial charge in [-0.2, -0.15) is 0 Å². The van der Waals surface area contributed by atoms with Crippen LogP contribution in [0.3, 0.4) is 0 Å². The van der Waals surface area contributed by atoms with Crippen LogP contribution < -0.4 is 21.3 Å². The molecule has 10 nitrogen and oxygen atoms in total. The van der Waals surface area contributed by atoms with Crippen molar-refractivity contribution in [3.63, 3.8) is 0 Å². The van der Waals surface area contributed by atoms with Crippen molar-refractivity contribution < 1.29 is 24.2 Å². The molecule has 1 saturated heterocycles. The van der Waals surface area contributed by atoms with Gasteiger partial charge < -0.3 is 31.1 Å². The summed E-state index contributed by atoms with van der Waals surface area (Å²) < 4.78 is 5.40. The van der Waals surface area contributed by atoms with Crippen LogP contribution in [0, 0.1) is 0 Å². The van der Waals surface area contributed by atoms with Gasteiger partial charge in [-0.05, 0) is 64.8 Å². The number of aliphatic carboxylic acids is 1. The molecule has 2 aromatic rings. The minimum atomic E-state index is -1.04. The summed E-state index contributed by atoms with van der Waals surface area (Å²) in [6, 6.07) is 8.97. The number of halogens is 1. The maximum Gasteiger partial charge on any atom is 0.408 e. The predicted molar refractivity (Wildman–Crippen MR) is 149 cm³/mol. The van der Waals surface area contributed by atoms with E-state index in [9.17, 15) is 14.4 Å². The number of carboxylic acids is 1. The number of piperidine rings is 1. The van der Waals surface area contributed by atoms with Crippen LogP contribution in [0.1, 0.15) is 53.4 Å². The lowest BCUT2D eigenvalue weighted by Crippen LogP contribution is -2.54. The van der Waals surface area contributed by atoms with E-state index in [1.807, 2.05) is 39.8 Å². The molecule has 1 aromatic carbocycles. The highest BCUT2D eigenvalue weighted by Crippen LogP contribution is 2.40. The van der Waals surface area contributed by atoms with Crippen LogP contribution in [0.2, 0.25) is 5.02 Å². The van der Waals surface area contributed by atoms with Gasteiger partial charge in [-0.3, -0.25) is 9.59 Å². The summed E-state index contributed by atoms with van der Waals surface area (Å²) in [5.41, 5.74) is 5.76. The molecule has 2 heterocycles. The summed E-state index contributed by atoms with van der Waals surface area (Å²) in [5, 5.41) is 14.7. The van der Waals surface area contributed by atoms with Crippen molar-refractivity contribution in [3.8, 4) is 0 Å². The number of amides is 2. The molecule has 12 heteroatoms. The Bertz CT molecular complexity index is 1200. The van der Waals surface area contributed by atoms with E-state index in [0.717, 1.165) is 18.7 Å². The van der Waals surface area contributed by atoms with E-state index in [1.165, 1.54) is 11.8 Å². The third-order valence-corrected chi connectivity index (χ3v) is 7.53. The molecule has 38 heavy (non-hydrogen) atoms. The molecule has 1 aliphatic heterocycles. The van der Waals surface area contributed by atoms with E-state index in [4.69, 9.17) is 27.2 Å². The summed E-state index contributed by atoms with van der Waals surface area (Å²) in [6.45, 7) is 8.92. The van der Waals surface area contributed by atoms with Crippen molar-refractivity contribution in [2.24, 2.45) is 0 Å². The molecule has 0 saturated carbocycles. The van der Waals surface area contributed by atoms with Gasteiger partial charge in [0.2, 0.25) is 5.91 Å².